The van der Waals surface area contributed by atoms with Crippen LogP contribution < -0.4 is 0 Å². The quantitative estimate of drug-likeness (QED) is 0.820. The molecule has 0 saturated carbocycles. The maximum Gasteiger partial charge on any atom is 0.193 e. The SMILES string of the molecule is C=C(C)S(=O)(=O)CS(=O)(=O)c1ccccc1. The second kappa shape index (κ2) is 4.39. The number of hydrogen-bond acceptors (Lipinski definition) is 4. The molecular formula is C10H12O4S2. The van der Waals surface area contributed by atoms with Crippen LogP contribution in [0.5, 0.6) is 0 Å². The molecule has 0 saturated heterocycles. The van der Waals surface area contributed by atoms with Crippen LogP contribution in [0.4, 0.5) is 0 Å². The van der Waals surface area contributed by atoms with Crippen molar-refractivity contribution in [2.24, 2.45) is 0 Å². The van der Waals surface area contributed by atoms with Crippen LogP contribution in [0, 0.1) is 0 Å². The van der Waals surface area contributed by atoms with Crippen LogP contribution in [-0.2, 0) is 19.7 Å². The number of allylic oxidation sites excluding steroid dienone is 1. The van der Waals surface area contributed by atoms with Gasteiger partial charge in [-0.3, -0.25) is 0 Å². The van der Waals surface area contributed by atoms with Gasteiger partial charge in [0.1, 0.15) is 0 Å². The molecule has 0 atom stereocenters. The Morgan fingerprint density at radius 3 is 2.06 bits per heavy atom. The molecule has 0 unspecified atom stereocenters. The first-order valence-corrected chi connectivity index (χ1v) is 7.72. The van der Waals surface area contributed by atoms with Gasteiger partial charge in [-0.2, -0.15) is 0 Å². The number of hydrogen-bond donors (Lipinski definition) is 0. The van der Waals surface area contributed by atoms with Crippen molar-refractivity contribution in [3.8, 4) is 0 Å². The minimum Gasteiger partial charge on any atom is -0.223 e. The molecule has 6 heteroatoms. The van der Waals surface area contributed by atoms with E-state index < -0.39 is 24.8 Å². The lowest BCUT2D eigenvalue weighted by atomic mass is 10.4. The van der Waals surface area contributed by atoms with Crippen LogP contribution in [0.25, 0.3) is 0 Å². The molecule has 4 nitrogen and oxygen atoms in total. The van der Waals surface area contributed by atoms with Crippen LogP contribution in [0.2, 0.25) is 0 Å². The molecule has 0 fully saturated rings. The Hall–Kier alpha value is -1.14. The maximum absolute atomic E-state index is 11.7. The van der Waals surface area contributed by atoms with E-state index in [0.29, 0.717) is 0 Å². The molecule has 0 N–H and O–H groups in total. The lowest BCUT2D eigenvalue weighted by molar-refractivity contribution is 0.592. The Labute approximate surface area is 95.5 Å². The Morgan fingerprint density at radius 2 is 1.62 bits per heavy atom. The maximum atomic E-state index is 11.7. The Balaban J connectivity index is 3.13. The first-order valence-electron chi connectivity index (χ1n) is 4.42. The first-order chi connectivity index (χ1) is 7.26. The summed E-state index contributed by atoms with van der Waals surface area (Å²) in [7, 11) is -7.60. The van der Waals surface area contributed by atoms with Crippen LogP contribution in [0.1, 0.15) is 6.92 Å². The van der Waals surface area contributed by atoms with Gasteiger partial charge in [0.25, 0.3) is 0 Å². The van der Waals surface area contributed by atoms with Gasteiger partial charge in [-0.1, -0.05) is 24.8 Å². The summed E-state index contributed by atoms with van der Waals surface area (Å²) in [5.74, 6) is 0. The van der Waals surface area contributed by atoms with Gasteiger partial charge in [0.05, 0.1) is 4.90 Å². The van der Waals surface area contributed by atoms with Crippen molar-refractivity contribution in [3.05, 3.63) is 41.8 Å². The first kappa shape index (κ1) is 12.9. The average Bonchev–Trinajstić information content (AvgIpc) is 2.17. The third-order valence-electron chi connectivity index (χ3n) is 1.94. The molecule has 0 spiro atoms. The summed E-state index contributed by atoms with van der Waals surface area (Å²) in [6, 6.07) is 7.47. The molecule has 0 amide bonds. The highest BCUT2D eigenvalue weighted by atomic mass is 32.3. The summed E-state index contributed by atoms with van der Waals surface area (Å²) in [6.45, 7) is 4.53. The monoisotopic (exact) mass is 260 g/mol. The van der Waals surface area contributed by atoms with Crippen LogP contribution in [0.15, 0.2) is 46.7 Å². The molecule has 88 valence electrons. The lowest BCUT2D eigenvalue weighted by Gasteiger charge is -2.05. The molecule has 0 aliphatic carbocycles. The van der Waals surface area contributed by atoms with Crippen molar-refractivity contribution in [2.45, 2.75) is 11.8 Å². The molecule has 0 bridgehead atoms. The summed E-state index contributed by atoms with van der Waals surface area (Å²) < 4.78 is 46.3. The molecule has 1 aromatic rings. The fraction of sp³-hybridized carbons (Fsp3) is 0.200. The summed E-state index contributed by atoms with van der Waals surface area (Å²) >= 11 is 0. The zero-order valence-electron chi connectivity index (χ0n) is 8.75. The molecule has 1 rings (SSSR count). The average molecular weight is 260 g/mol. The standard InChI is InChI=1S/C10H12O4S2/c1-9(2)15(11,12)8-16(13,14)10-6-4-3-5-7-10/h3-7H,1,8H2,2H3. The van der Waals surface area contributed by atoms with Gasteiger partial charge in [-0.25, -0.2) is 16.8 Å². The third kappa shape index (κ3) is 2.93. The molecule has 1 aromatic carbocycles. The van der Waals surface area contributed by atoms with E-state index in [-0.39, 0.29) is 9.80 Å². The fourth-order valence-corrected chi connectivity index (χ4v) is 4.56. The molecule has 0 aliphatic heterocycles. The van der Waals surface area contributed by atoms with E-state index in [2.05, 4.69) is 6.58 Å². The van der Waals surface area contributed by atoms with Crippen LogP contribution in [-0.4, -0.2) is 21.9 Å². The van der Waals surface area contributed by atoms with E-state index >= 15 is 0 Å². The second-order valence-corrected chi connectivity index (χ2v) is 7.93. The highest BCUT2D eigenvalue weighted by Crippen LogP contribution is 2.15. The van der Waals surface area contributed by atoms with Crippen molar-refractivity contribution in [1.82, 2.24) is 0 Å². The normalized spacial score (nSPS) is 12.3. The predicted molar refractivity (Wildman–Crippen MR) is 62.2 cm³/mol. The fourth-order valence-electron chi connectivity index (χ4n) is 1.00. The van der Waals surface area contributed by atoms with Crippen molar-refractivity contribution in [1.29, 1.82) is 0 Å². The van der Waals surface area contributed by atoms with Crippen LogP contribution >= 0.6 is 0 Å². The topological polar surface area (TPSA) is 68.3 Å². The Bertz CT molecular complexity index is 583. The molecular weight excluding hydrogens is 248 g/mol. The molecule has 0 radical (unpaired) electrons. The smallest absolute Gasteiger partial charge is 0.193 e. The highest BCUT2D eigenvalue weighted by molar-refractivity contribution is 8.09. The zero-order valence-corrected chi connectivity index (χ0v) is 10.4. The van der Waals surface area contributed by atoms with Crippen molar-refractivity contribution >= 4 is 19.7 Å². The number of sulfone groups is 2. The van der Waals surface area contributed by atoms with Gasteiger partial charge in [-0.05, 0) is 19.1 Å². The largest absolute Gasteiger partial charge is 0.223 e. The van der Waals surface area contributed by atoms with E-state index in [4.69, 9.17) is 0 Å². The van der Waals surface area contributed by atoms with Gasteiger partial charge in [0.15, 0.2) is 24.8 Å². The van der Waals surface area contributed by atoms with Gasteiger partial charge in [-0.15, -0.1) is 0 Å². The lowest BCUT2D eigenvalue weighted by Crippen LogP contribution is -2.16. The molecule has 0 aromatic heterocycles. The number of benzene rings is 1. The van der Waals surface area contributed by atoms with Gasteiger partial charge in [0.2, 0.25) is 0 Å². The Kier molecular flexibility index (Phi) is 3.54. The van der Waals surface area contributed by atoms with Gasteiger partial charge >= 0.3 is 0 Å². The van der Waals surface area contributed by atoms with Gasteiger partial charge in [0, 0.05) is 4.91 Å². The highest BCUT2D eigenvalue weighted by Gasteiger charge is 2.24. The van der Waals surface area contributed by atoms with Crippen molar-refractivity contribution in [3.63, 3.8) is 0 Å². The minimum absolute atomic E-state index is 0.000162. The summed E-state index contributed by atoms with van der Waals surface area (Å²) in [5.41, 5.74) is 0. The van der Waals surface area contributed by atoms with Crippen molar-refractivity contribution < 1.29 is 16.8 Å². The predicted octanol–water partition coefficient (Wildman–Crippen LogP) is 1.37. The van der Waals surface area contributed by atoms with Gasteiger partial charge < -0.3 is 0 Å². The second-order valence-electron chi connectivity index (χ2n) is 3.36. The zero-order chi connectivity index (χ0) is 12.4. The van der Waals surface area contributed by atoms with E-state index in [1.54, 1.807) is 18.2 Å². The molecule has 16 heavy (non-hydrogen) atoms. The van der Waals surface area contributed by atoms with E-state index in [1.807, 2.05) is 0 Å². The molecule has 0 heterocycles. The third-order valence-corrected chi connectivity index (χ3v) is 6.48. The van der Waals surface area contributed by atoms with E-state index in [9.17, 15) is 16.8 Å². The van der Waals surface area contributed by atoms with Crippen molar-refractivity contribution in [2.75, 3.05) is 5.08 Å². The summed E-state index contributed by atoms with van der Waals surface area (Å²) in [6.07, 6.45) is 0. The molecule has 0 aliphatic rings. The summed E-state index contributed by atoms with van der Waals surface area (Å²) in [5, 5.41) is -0.931. The van der Waals surface area contributed by atoms with E-state index in [0.717, 1.165) is 0 Å². The number of rotatable bonds is 4. The van der Waals surface area contributed by atoms with E-state index in [1.165, 1.54) is 19.1 Å². The minimum atomic E-state index is -3.81. The Morgan fingerprint density at radius 1 is 1.12 bits per heavy atom. The van der Waals surface area contributed by atoms with Crippen LogP contribution in [0.3, 0.4) is 0 Å². The summed E-state index contributed by atoms with van der Waals surface area (Å²) in [4.78, 5) is -0.146.